The van der Waals surface area contributed by atoms with Gasteiger partial charge < -0.3 is 4.98 Å². The molecular formula is C23H20Cl2N6O2. The quantitative estimate of drug-likeness (QED) is 0.399. The van der Waals surface area contributed by atoms with Gasteiger partial charge in [0.2, 0.25) is 11.9 Å². The van der Waals surface area contributed by atoms with E-state index in [2.05, 4.69) is 25.7 Å². The maximum absolute atomic E-state index is 12.7. The maximum atomic E-state index is 12.7. The van der Waals surface area contributed by atoms with Crippen LogP contribution in [0.3, 0.4) is 0 Å². The normalized spacial score (nSPS) is 15.1. The van der Waals surface area contributed by atoms with Crippen molar-refractivity contribution in [1.82, 2.24) is 25.4 Å². The van der Waals surface area contributed by atoms with E-state index in [1.807, 2.05) is 17.1 Å². The van der Waals surface area contributed by atoms with Crippen LogP contribution in [0.4, 0.5) is 5.95 Å². The summed E-state index contributed by atoms with van der Waals surface area (Å²) in [6.45, 7) is 1.12. The third kappa shape index (κ3) is 4.78. The molecule has 0 radical (unpaired) electrons. The van der Waals surface area contributed by atoms with Gasteiger partial charge in [-0.15, -0.1) is 0 Å². The molecule has 1 saturated heterocycles. The van der Waals surface area contributed by atoms with Crippen molar-refractivity contribution in [3.05, 3.63) is 64.3 Å². The second-order valence-electron chi connectivity index (χ2n) is 7.97. The van der Waals surface area contributed by atoms with Gasteiger partial charge >= 0.3 is 0 Å². The van der Waals surface area contributed by atoms with E-state index in [1.165, 1.54) is 0 Å². The van der Waals surface area contributed by atoms with Gasteiger partial charge in [-0.2, -0.15) is 0 Å². The maximum Gasteiger partial charge on any atom is 0.284 e. The van der Waals surface area contributed by atoms with Gasteiger partial charge in [-0.25, -0.2) is 15.0 Å². The van der Waals surface area contributed by atoms with Crippen LogP contribution in [-0.4, -0.2) is 44.9 Å². The number of H-pyrrole nitrogens is 1. The lowest BCUT2D eigenvalue weighted by Gasteiger charge is -2.31. The number of aromatic amines is 1. The number of hydrazine groups is 1. The highest BCUT2D eigenvalue weighted by molar-refractivity contribution is 6.31. The molecule has 0 saturated carbocycles. The molecule has 168 valence electrons. The van der Waals surface area contributed by atoms with Crippen LogP contribution in [0.15, 0.2) is 48.5 Å². The molecule has 10 heteroatoms. The van der Waals surface area contributed by atoms with Crippen molar-refractivity contribution in [3.63, 3.8) is 0 Å². The van der Waals surface area contributed by atoms with Crippen LogP contribution in [0.2, 0.25) is 10.0 Å². The summed E-state index contributed by atoms with van der Waals surface area (Å²) in [5.74, 6) is -0.146. The van der Waals surface area contributed by atoms with Crippen molar-refractivity contribution in [3.8, 4) is 0 Å². The summed E-state index contributed by atoms with van der Waals surface area (Å²) in [5, 5.41) is 6.77. The number of halogens is 2. The van der Waals surface area contributed by atoms with E-state index in [0.717, 1.165) is 16.4 Å². The highest BCUT2D eigenvalue weighted by Crippen LogP contribution is 2.22. The monoisotopic (exact) mass is 482 g/mol. The van der Waals surface area contributed by atoms with Gasteiger partial charge in [-0.3, -0.25) is 20.3 Å². The average molecular weight is 483 g/mol. The van der Waals surface area contributed by atoms with E-state index in [0.29, 0.717) is 53.1 Å². The number of amides is 2. The lowest BCUT2D eigenvalue weighted by Crippen LogP contribution is -2.48. The van der Waals surface area contributed by atoms with E-state index < -0.39 is 0 Å². The molecule has 1 fully saturated rings. The number of hydrogen-bond donors (Lipinski definition) is 3. The Bertz CT molecular complexity index is 1360. The molecule has 5 rings (SSSR count). The molecule has 0 spiro atoms. The number of carbonyl (C=O) groups is 2. The summed E-state index contributed by atoms with van der Waals surface area (Å²) >= 11 is 12.0. The lowest BCUT2D eigenvalue weighted by atomic mass is 9.97. The number of benzene rings is 2. The smallest absolute Gasteiger partial charge is 0.284 e. The molecule has 33 heavy (non-hydrogen) atoms. The zero-order valence-electron chi connectivity index (χ0n) is 17.4. The molecule has 1 aliphatic rings. The van der Waals surface area contributed by atoms with Gasteiger partial charge in [0, 0.05) is 34.4 Å². The molecule has 0 aliphatic carbocycles. The number of carbonyl (C=O) groups excluding carboxylic acids is 2. The molecule has 4 aromatic rings. The Morgan fingerprint density at radius 1 is 0.939 bits per heavy atom. The fourth-order valence-corrected chi connectivity index (χ4v) is 4.29. The predicted octanol–water partition coefficient (Wildman–Crippen LogP) is 4.41. The Balaban J connectivity index is 1.16. The topological polar surface area (TPSA) is 103 Å². The van der Waals surface area contributed by atoms with E-state index in [9.17, 15) is 9.59 Å². The summed E-state index contributed by atoms with van der Waals surface area (Å²) < 4.78 is 0. The number of fused-ring (bicyclic) bond motifs is 2. The largest absolute Gasteiger partial charge is 0.324 e. The minimum atomic E-state index is -0.282. The van der Waals surface area contributed by atoms with Crippen LogP contribution >= 0.6 is 23.2 Å². The number of aromatic nitrogens is 3. The molecule has 0 unspecified atom stereocenters. The zero-order chi connectivity index (χ0) is 22.9. The molecule has 2 aromatic heterocycles. The number of rotatable bonds is 4. The van der Waals surface area contributed by atoms with Crippen LogP contribution < -0.4 is 10.7 Å². The van der Waals surface area contributed by atoms with E-state index in [-0.39, 0.29) is 17.7 Å². The molecule has 3 heterocycles. The van der Waals surface area contributed by atoms with Crippen LogP contribution in [0, 0.1) is 5.92 Å². The Kier molecular flexibility index (Phi) is 5.88. The van der Waals surface area contributed by atoms with E-state index in [1.54, 1.807) is 36.4 Å². The summed E-state index contributed by atoms with van der Waals surface area (Å²) in [6, 6.07) is 14.2. The number of hydrogen-bond acceptors (Lipinski definition) is 5. The summed E-state index contributed by atoms with van der Waals surface area (Å²) in [7, 11) is 0. The van der Waals surface area contributed by atoms with Gasteiger partial charge in [0.05, 0.1) is 16.6 Å². The second-order valence-corrected chi connectivity index (χ2v) is 8.84. The molecule has 1 aliphatic heterocycles. The standard InChI is InChI=1S/C23H20Cl2N6O2/c24-15-2-5-17-14(11-15)1-4-19(26-17)22(33)30-31-9-7-13(8-10-31)21(32)29-23-27-18-6-3-16(25)12-20(18)28-23/h1-6,11-13H,7-10H2,(H,30,33)(H2,27,28,29,32). The van der Waals surface area contributed by atoms with Crippen LogP contribution in [0.5, 0.6) is 0 Å². The molecule has 0 bridgehead atoms. The van der Waals surface area contributed by atoms with Gasteiger partial charge in [0.25, 0.3) is 5.91 Å². The van der Waals surface area contributed by atoms with Crippen LogP contribution in [0.1, 0.15) is 23.3 Å². The van der Waals surface area contributed by atoms with Gasteiger partial charge in [-0.1, -0.05) is 29.3 Å². The molecule has 8 nitrogen and oxygen atoms in total. The predicted molar refractivity (Wildman–Crippen MR) is 128 cm³/mol. The number of nitrogens with one attached hydrogen (secondary N) is 3. The highest BCUT2D eigenvalue weighted by Gasteiger charge is 2.27. The lowest BCUT2D eigenvalue weighted by molar-refractivity contribution is -0.121. The van der Waals surface area contributed by atoms with Crippen molar-refractivity contribution in [2.45, 2.75) is 12.8 Å². The summed E-state index contributed by atoms with van der Waals surface area (Å²) in [6.07, 6.45) is 1.23. The Hall–Kier alpha value is -3.20. The molecule has 3 N–H and O–H groups in total. The zero-order valence-corrected chi connectivity index (χ0v) is 19.0. The SMILES string of the molecule is O=C(NN1CCC(C(=O)Nc2nc3ccc(Cl)cc3[nH]2)CC1)c1ccc2cc(Cl)ccc2n1. The second kappa shape index (κ2) is 8.97. The van der Waals surface area contributed by atoms with E-state index in [4.69, 9.17) is 23.2 Å². The number of imidazole rings is 1. The van der Waals surface area contributed by atoms with Crippen molar-refractivity contribution in [2.75, 3.05) is 18.4 Å². The number of nitrogens with zero attached hydrogens (tertiary/aromatic N) is 3. The third-order valence-corrected chi connectivity index (χ3v) is 6.17. The average Bonchev–Trinajstić information content (AvgIpc) is 3.20. The molecular weight excluding hydrogens is 463 g/mol. The fraction of sp³-hybridized carbons (Fsp3) is 0.217. The first-order chi connectivity index (χ1) is 15.9. The molecule has 2 aromatic carbocycles. The van der Waals surface area contributed by atoms with E-state index >= 15 is 0 Å². The fourth-order valence-electron chi connectivity index (χ4n) is 3.94. The van der Waals surface area contributed by atoms with Gasteiger partial charge in [-0.05, 0) is 55.3 Å². The van der Waals surface area contributed by atoms with Crippen molar-refractivity contribution < 1.29 is 9.59 Å². The minimum Gasteiger partial charge on any atom is -0.324 e. The van der Waals surface area contributed by atoms with Crippen molar-refractivity contribution in [2.24, 2.45) is 5.92 Å². The number of piperidine rings is 1. The highest BCUT2D eigenvalue weighted by atomic mass is 35.5. The van der Waals surface area contributed by atoms with Crippen LogP contribution in [-0.2, 0) is 4.79 Å². The number of anilines is 1. The summed E-state index contributed by atoms with van der Waals surface area (Å²) in [4.78, 5) is 37.2. The minimum absolute atomic E-state index is 0.0963. The number of pyridine rings is 1. The van der Waals surface area contributed by atoms with Gasteiger partial charge in [0.1, 0.15) is 5.69 Å². The summed E-state index contributed by atoms with van der Waals surface area (Å²) in [5.41, 5.74) is 5.42. The molecule has 2 amide bonds. The third-order valence-electron chi connectivity index (χ3n) is 5.69. The Labute approximate surface area is 199 Å². The van der Waals surface area contributed by atoms with Crippen LogP contribution in [0.25, 0.3) is 21.9 Å². The van der Waals surface area contributed by atoms with Crippen molar-refractivity contribution in [1.29, 1.82) is 0 Å². The molecule has 0 atom stereocenters. The van der Waals surface area contributed by atoms with Crippen molar-refractivity contribution >= 4 is 62.9 Å². The first kappa shape index (κ1) is 21.6. The Morgan fingerprint density at radius 2 is 1.67 bits per heavy atom. The first-order valence-corrected chi connectivity index (χ1v) is 11.3. The van der Waals surface area contributed by atoms with Gasteiger partial charge in [0.15, 0.2) is 0 Å². The Morgan fingerprint density at radius 3 is 2.45 bits per heavy atom. The first-order valence-electron chi connectivity index (χ1n) is 10.5.